The van der Waals surface area contributed by atoms with Crippen molar-refractivity contribution >= 4 is 11.7 Å². The van der Waals surface area contributed by atoms with E-state index in [-0.39, 0.29) is 11.7 Å². The summed E-state index contributed by atoms with van der Waals surface area (Å²) >= 11 is 0. The molecule has 0 aliphatic heterocycles. The molecule has 0 bridgehead atoms. The van der Waals surface area contributed by atoms with Gasteiger partial charge in [-0.25, -0.2) is 0 Å². The zero-order valence-electron chi connectivity index (χ0n) is 16.3. The van der Waals surface area contributed by atoms with Crippen LogP contribution in [0.5, 0.6) is 0 Å². The molecule has 0 saturated carbocycles. The number of rotatable bonds is 7. The Morgan fingerprint density at radius 1 is 0.893 bits per heavy atom. The van der Waals surface area contributed by atoms with Gasteiger partial charge in [0.25, 0.3) is 5.91 Å². The molecular weight excluding hydrogens is 348 g/mol. The average Bonchev–Trinajstić information content (AvgIpc) is 2.77. The Bertz CT molecular complexity index is 933. The monoisotopic (exact) mass is 372 g/mol. The fourth-order valence-corrected chi connectivity index (χ4v) is 2.97. The van der Waals surface area contributed by atoms with Gasteiger partial charge < -0.3 is 4.90 Å². The SMILES string of the molecule is CCN(C)C(=O)c1ccc(-c2ccc(C(=O)CCc3cccnc3)cc2)cc1. The molecule has 3 rings (SSSR count). The van der Waals surface area contributed by atoms with Crippen molar-refractivity contribution in [2.24, 2.45) is 0 Å². The van der Waals surface area contributed by atoms with Crippen molar-refractivity contribution in [3.8, 4) is 11.1 Å². The van der Waals surface area contributed by atoms with Gasteiger partial charge in [-0.15, -0.1) is 0 Å². The molecule has 0 spiro atoms. The van der Waals surface area contributed by atoms with E-state index in [2.05, 4.69) is 4.98 Å². The van der Waals surface area contributed by atoms with Crippen molar-refractivity contribution in [1.29, 1.82) is 0 Å². The van der Waals surface area contributed by atoms with Crippen LogP contribution in [0.2, 0.25) is 0 Å². The van der Waals surface area contributed by atoms with Gasteiger partial charge in [-0.2, -0.15) is 0 Å². The molecule has 28 heavy (non-hydrogen) atoms. The molecule has 0 saturated heterocycles. The van der Waals surface area contributed by atoms with E-state index in [1.165, 1.54) is 0 Å². The second kappa shape index (κ2) is 9.09. The number of carbonyl (C=O) groups excluding carboxylic acids is 2. The van der Waals surface area contributed by atoms with Crippen molar-refractivity contribution in [3.63, 3.8) is 0 Å². The molecule has 0 N–H and O–H groups in total. The Balaban J connectivity index is 1.65. The molecule has 3 aromatic rings. The highest BCUT2D eigenvalue weighted by atomic mass is 16.2. The second-order valence-corrected chi connectivity index (χ2v) is 6.76. The Morgan fingerprint density at radius 3 is 2.04 bits per heavy atom. The number of benzene rings is 2. The molecule has 4 nitrogen and oxygen atoms in total. The van der Waals surface area contributed by atoms with Crippen LogP contribution in [-0.2, 0) is 6.42 Å². The normalized spacial score (nSPS) is 10.5. The van der Waals surface area contributed by atoms with Gasteiger partial charge in [-0.1, -0.05) is 42.5 Å². The van der Waals surface area contributed by atoms with E-state index in [0.29, 0.717) is 30.5 Å². The molecule has 142 valence electrons. The lowest BCUT2D eigenvalue weighted by Gasteiger charge is -2.14. The van der Waals surface area contributed by atoms with Crippen LogP contribution >= 0.6 is 0 Å². The summed E-state index contributed by atoms with van der Waals surface area (Å²) in [5, 5.41) is 0. The zero-order valence-corrected chi connectivity index (χ0v) is 16.3. The molecular formula is C24H24N2O2. The third-order valence-corrected chi connectivity index (χ3v) is 4.86. The van der Waals surface area contributed by atoms with Crippen LogP contribution in [0.25, 0.3) is 11.1 Å². The average molecular weight is 372 g/mol. The summed E-state index contributed by atoms with van der Waals surface area (Å²) in [6.07, 6.45) is 4.68. The van der Waals surface area contributed by atoms with Crippen molar-refractivity contribution in [1.82, 2.24) is 9.88 Å². The van der Waals surface area contributed by atoms with Crippen molar-refractivity contribution in [2.45, 2.75) is 19.8 Å². The summed E-state index contributed by atoms with van der Waals surface area (Å²) in [5.74, 6) is 0.141. The van der Waals surface area contributed by atoms with Crippen LogP contribution in [0.1, 0.15) is 39.6 Å². The summed E-state index contributed by atoms with van der Waals surface area (Å²) < 4.78 is 0. The molecule has 1 heterocycles. The fourth-order valence-electron chi connectivity index (χ4n) is 2.97. The van der Waals surface area contributed by atoms with Gasteiger partial charge in [0, 0.05) is 43.5 Å². The molecule has 0 aliphatic rings. The lowest BCUT2D eigenvalue weighted by molar-refractivity contribution is 0.0802. The fraction of sp³-hybridized carbons (Fsp3) is 0.208. The first-order chi connectivity index (χ1) is 13.6. The Hall–Kier alpha value is -3.27. The zero-order chi connectivity index (χ0) is 19.9. The lowest BCUT2D eigenvalue weighted by Crippen LogP contribution is -2.26. The molecule has 0 radical (unpaired) electrons. The first kappa shape index (κ1) is 19.5. The quantitative estimate of drug-likeness (QED) is 0.567. The Labute approximate surface area is 165 Å². The minimum absolute atomic E-state index is 0.0172. The largest absolute Gasteiger partial charge is 0.342 e. The maximum Gasteiger partial charge on any atom is 0.253 e. The second-order valence-electron chi connectivity index (χ2n) is 6.76. The number of hydrogen-bond acceptors (Lipinski definition) is 3. The number of pyridine rings is 1. The van der Waals surface area contributed by atoms with Crippen LogP contribution in [0.4, 0.5) is 0 Å². The summed E-state index contributed by atoms with van der Waals surface area (Å²) in [5.41, 5.74) is 4.49. The highest BCUT2D eigenvalue weighted by Crippen LogP contribution is 2.21. The van der Waals surface area contributed by atoms with E-state index >= 15 is 0 Å². The number of ketones is 1. The predicted molar refractivity (Wildman–Crippen MR) is 111 cm³/mol. The molecule has 4 heteroatoms. The van der Waals surface area contributed by atoms with Crippen LogP contribution in [0.15, 0.2) is 73.1 Å². The molecule has 0 unspecified atom stereocenters. The molecule has 0 aliphatic carbocycles. The third-order valence-electron chi connectivity index (χ3n) is 4.86. The van der Waals surface area contributed by atoms with E-state index in [4.69, 9.17) is 0 Å². The smallest absolute Gasteiger partial charge is 0.253 e. The number of Topliss-reactive ketones (excluding diaryl/α,β-unsaturated/α-hetero) is 1. The minimum Gasteiger partial charge on any atom is -0.342 e. The van der Waals surface area contributed by atoms with Crippen LogP contribution in [-0.4, -0.2) is 35.2 Å². The highest BCUT2D eigenvalue weighted by Gasteiger charge is 2.10. The van der Waals surface area contributed by atoms with Gasteiger partial charge in [-0.05, 0) is 48.2 Å². The summed E-state index contributed by atoms with van der Waals surface area (Å²) in [4.78, 5) is 30.4. The number of nitrogens with zero attached hydrogens (tertiary/aromatic N) is 2. The summed E-state index contributed by atoms with van der Waals surface area (Å²) in [6, 6.07) is 19.1. The molecule has 1 amide bonds. The number of carbonyl (C=O) groups is 2. The van der Waals surface area contributed by atoms with Gasteiger partial charge >= 0.3 is 0 Å². The van der Waals surface area contributed by atoms with Gasteiger partial charge in [0.15, 0.2) is 5.78 Å². The van der Waals surface area contributed by atoms with Gasteiger partial charge in [0.05, 0.1) is 0 Å². The van der Waals surface area contributed by atoms with E-state index in [9.17, 15) is 9.59 Å². The highest BCUT2D eigenvalue weighted by molar-refractivity contribution is 5.97. The predicted octanol–water partition coefficient (Wildman–Crippen LogP) is 4.66. The maximum absolute atomic E-state index is 12.4. The van der Waals surface area contributed by atoms with Crippen LogP contribution in [0, 0.1) is 0 Å². The summed E-state index contributed by atoms with van der Waals surface area (Å²) in [6.45, 7) is 2.63. The molecule has 2 aromatic carbocycles. The van der Waals surface area contributed by atoms with Crippen LogP contribution < -0.4 is 0 Å². The minimum atomic E-state index is 0.0172. The van der Waals surface area contributed by atoms with Crippen LogP contribution in [0.3, 0.4) is 0 Å². The van der Waals surface area contributed by atoms with Crippen molar-refractivity contribution < 1.29 is 9.59 Å². The third kappa shape index (κ3) is 4.71. The summed E-state index contributed by atoms with van der Waals surface area (Å²) in [7, 11) is 1.79. The van der Waals surface area contributed by atoms with Gasteiger partial charge in [0.1, 0.15) is 0 Å². The van der Waals surface area contributed by atoms with Crippen molar-refractivity contribution in [2.75, 3.05) is 13.6 Å². The van der Waals surface area contributed by atoms with Gasteiger partial charge in [0.2, 0.25) is 0 Å². The Morgan fingerprint density at radius 2 is 1.50 bits per heavy atom. The van der Waals surface area contributed by atoms with E-state index in [1.54, 1.807) is 24.3 Å². The number of hydrogen-bond donors (Lipinski definition) is 0. The number of amides is 1. The van der Waals surface area contributed by atoms with E-state index in [0.717, 1.165) is 16.7 Å². The van der Waals surface area contributed by atoms with Crippen molar-refractivity contribution in [3.05, 3.63) is 89.7 Å². The first-order valence-corrected chi connectivity index (χ1v) is 9.46. The molecule has 0 fully saturated rings. The molecule has 0 atom stereocenters. The van der Waals surface area contributed by atoms with E-state index in [1.807, 2.05) is 67.6 Å². The Kier molecular flexibility index (Phi) is 6.33. The van der Waals surface area contributed by atoms with E-state index < -0.39 is 0 Å². The number of aromatic nitrogens is 1. The first-order valence-electron chi connectivity index (χ1n) is 9.46. The lowest BCUT2D eigenvalue weighted by atomic mass is 9.99. The number of aryl methyl sites for hydroxylation is 1. The maximum atomic E-state index is 12.4. The topological polar surface area (TPSA) is 50.3 Å². The standard InChI is InChI=1S/C24H24N2O2/c1-3-26(2)24(28)22-13-9-20(10-14-22)19-7-11-21(12-8-19)23(27)15-6-18-5-4-16-25-17-18/h4-5,7-14,16-17H,3,6,15H2,1-2H3. The molecule has 1 aromatic heterocycles. The van der Waals surface area contributed by atoms with Gasteiger partial charge in [-0.3, -0.25) is 14.6 Å².